The van der Waals surface area contributed by atoms with Gasteiger partial charge >= 0.3 is 0 Å². The molecular weight excluding hydrogens is 452 g/mol. The van der Waals surface area contributed by atoms with Gasteiger partial charge in [0.1, 0.15) is 0 Å². The lowest BCUT2D eigenvalue weighted by atomic mass is 10.1. The molecule has 2 amide bonds. The van der Waals surface area contributed by atoms with Crippen LogP contribution in [0, 0.1) is 0 Å². The average Bonchev–Trinajstić information content (AvgIpc) is 2.84. The van der Waals surface area contributed by atoms with Crippen LogP contribution in [0.1, 0.15) is 32.0 Å². The van der Waals surface area contributed by atoms with Gasteiger partial charge in [-0.2, -0.15) is 5.10 Å². The molecule has 0 aliphatic heterocycles. The molecule has 9 heteroatoms. The first-order chi connectivity index (χ1) is 16.4. The molecule has 0 fully saturated rings. The molecular formula is C25H22N4O4S. The number of hydrogen-bond donors (Lipinski definition) is 2. The second-order valence-electron chi connectivity index (χ2n) is 7.67. The number of amides is 2. The highest BCUT2D eigenvalue weighted by atomic mass is 32.2. The van der Waals surface area contributed by atoms with E-state index in [4.69, 9.17) is 0 Å². The second kappa shape index (κ2) is 10.2. The van der Waals surface area contributed by atoms with Gasteiger partial charge in [-0.05, 0) is 29.3 Å². The van der Waals surface area contributed by atoms with Gasteiger partial charge in [0, 0.05) is 33.8 Å². The molecule has 34 heavy (non-hydrogen) atoms. The molecule has 3 aromatic carbocycles. The van der Waals surface area contributed by atoms with Gasteiger partial charge in [-0.25, -0.2) is 4.68 Å². The molecule has 8 nitrogen and oxygen atoms in total. The molecule has 0 bridgehead atoms. The van der Waals surface area contributed by atoms with Gasteiger partial charge in [0.25, 0.3) is 17.4 Å². The number of fused-ring (bicyclic) bond motifs is 1. The molecule has 0 saturated heterocycles. The largest absolute Gasteiger partial charge is 0.290 e. The topological polar surface area (TPSA) is 110 Å². The summed E-state index contributed by atoms with van der Waals surface area (Å²) >= 11 is 0. The van der Waals surface area contributed by atoms with Crippen molar-refractivity contribution in [2.24, 2.45) is 0 Å². The van der Waals surface area contributed by atoms with Crippen LogP contribution in [0.2, 0.25) is 0 Å². The summed E-state index contributed by atoms with van der Waals surface area (Å²) in [4.78, 5) is 38.5. The average molecular weight is 475 g/mol. The number of hydrazine groups is 1. The van der Waals surface area contributed by atoms with Crippen LogP contribution in [-0.2, 0) is 23.1 Å². The smallest absolute Gasteiger partial charge is 0.267 e. The number of nitrogens with one attached hydrogen (secondary N) is 2. The maximum Gasteiger partial charge on any atom is 0.290 e. The highest BCUT2D eigenvalue weighted by molar-refractivity contribution is 7.83. The van der Waals surface area contributed by atoms with Crippen LogP contribution in [0.15, 0.2) is 83.7 Å². The van der Waals surface area contributed by atoms with Gasteiger partial charge in [-0.1, -0.05) is 60.7 Å². The summed E-state index contributed by atoms with van der Waals surface area (Å²) in [5.41, 5.74) is 6.40. The van der Waals surface area contributed by atoms with E-state index in [1.165, 1.54) is 4.68 Å². The fraction of sp³-hybridized carbons (Fsp3) is 0.120. The predicted octanol–water partition coefficient (Wildman–Crippen LogP) is 2.40. The lowest BCUT2D eigenvalue weighted by Crippen LogP contribution is -2.42. The van der Waals surface area contributed by atoms with Crippen molar-refractivity contribution in [1.29, 1.82) is 0 Å². The van der Waals surface area contributed by atoms with Crippen molar-refractivity contribution in [3.8, 4) is 0 Å². The van der Waals surface area contributed by atoms with Gasteiger partial charge in [0.05, 0.1) is 11.9 Å². The Morgan fingerprint density at radius 1 is 0.853 bits per heavy atom. The Labute approximate surface area is 198 Å². The van der Waals surface area contributed by atoms with E-state index in [-0.39, 0.29) is 17.8 Å². The van der Waals surface area contributed by atoms with Crippen LogP contribution >= 0.6 is 0 Å². The zero-order valence-electron chi connectivity index (χ0n) is 18.4. The van der Waals surface area contributed by atoms with Gasteiger partial charge < -0.3 is 0 Å². The van der Waals surface area contributed by atoms with Crippen molar-refractivity contribution in [2.45, 2.75) is 12.3 Å². The second-order valence-corrected chi connectivity index (χ2v) is 9.10. The summed E-state index contributed by atoms with van der Waals surface area (Å²) in [6.07, 6.45) is 1.58. The first-order valence-corrected chi connectivity index (χ1v) is 12.2. The minimum absolute atomic E-state index is 0.0153. The Kier molecular flexibility index (Phi) is 6.93. The van der Waals surface area contributed by atoms with Gasteiger partial charge in [-0.3, -0.25) is 29.4 Å². The summed E-state index contributed by atoms with van der Waals surface area (Å²) in [6.45, 7) is 0.197. The van der Waals surface area contributed by atoms with Gasteiger partial charge in [0.15, 0.2) is 5.69 Å². The quantitative estimate of drug-likeness (QED) is 0.417. The van der Waals surface area contributed by atoms with E-state index in [0.29, 0.717) is 22.1 Å². The summed E-state index contributed by atoms with van der Waals surface area (Å²) < 4.78 is 12.7. The van der Waals surface area contributed by atoms with Crippen molar-refractivity contribution in [2.75, 3.05) is 6.26 Å². The zero-order chi connectivity index (χ0) is 24.1. The molecule has 0 aliphatic rings. The molecule has 4 aromatic rings. The minimum atomic E-state index is -1.04. The van der Waals surface area contributed by atoms with Crippen molar-refractivity contribution in [1.82, 2.24) is 20.6 Å². The van der Waals surface area contributed by atoms with E-state index >= 15 is 0 Å². The van der Waals surface area contributed by atoms with E-state index < -0.39 is 22.6 Å². The number of carbonyl (C=O) groups is 2. The summed E-state index contributed by atoms with van der Waals surface area (Å²) in [5, 5.41) is 5.04. The van der Waals surface area contributed by atoms with Gasteiger partial charge in [-0.15, -0.1) is 0 Å². The Morgan fingerprint density at radius 2 is 1.50 bits per heavy atom. The summed E-state index contributed by atoms with van der Waals surface area (Å²) in [7, 11) is -1.04. The van der Waals surface area contributed by atoms with Crippen LogP contribution in [-0.4, -0.2) is 32.1 Å². The molecule has 0 spiro atoms. The van der Waals surface area contributed by atoms with Crippen molar-refractivity contribution in [3.63, 3.8) is 0 Å². The molecule has 1 atom stereocenters. The summed E-state index contributed by atoms with van der Waals surface area (Å²) in [6, 6.07) is 22.7. The molecule has 0 aliphatic carbocycles. The number of rotatable bonds is 6. The van der Waals surface area contributed by atoms with Crippen LogP contribution < -0.4 is 16.4 Å². The van der Waals surface area contributed by atoms with E-state index in [2.05, 4.69) is 16.0 Å². The fourth-order valence-electron chi connectivity index (χ4n) is 3.55. The van der Waals surface area contributed by atoms with Crippen LogP contribution in [0.5, 0.6) is 0 Å². The fourth-order valence-corrected chi connectivity index (χ4v) is 4.20. The molecule has 1 aromatic heterocycles. The highest BCUT2D eigenvalue weighted by Gasteiger charge is 2.18. The monoisotopic (exact) mass is 474 g/mol. The summed E-state index contributed by atoms with van der Waals surface area (Å²) in [5.74, 6) is -0.858. The van der Waals surface area contributed by atoms with E-state index in [1.807, 2.05) is 30.3 Å². The van der Waals surface area contributed by atoms with Gasteiger partial charge in [0.2, 0.25) is 0 Å². The maximum atomic E-state index is 13.0. The number of nitrogens with zero attached hydrogens (tertiary/aromatic N) is 2. The lowest BCUT2D eigenvalue weighted by molar-refractivity contribution is 0.0843. The third-order valence-electron chi connectivity index (χ3n) is 5.11. The third kappa shape index (κ3) is 5.26. The normalized spacial score (nSPS) is 11.7. The predicted molar refractivity (Wildman–Crippen MR) is 131 cm³/mol. The number of aromatic nitrogens is 2. The van der Waals surface area contributed by atoms with Crippen LogP contribution in [0.3, 0.4) is 0 Å². The Balaban J connectivity index is 1.58. The minimum Gasteiger partial charge on any atom is -0.267 e. The zero-order valence-corrected chi connectivity index (χ0v) is 19.2. The van der Waals surface area contributed by atoms with Crippen molar-refractivity contribution in [3.05, 3.63) is 112 Å². The SMILES string of the molecule is C[S@](=O)Cc1cccc(C(=O)NNC(=O)c2nn(Cc3ccccc3)c(=O)c3ccccc23)c1. The first-order valence-electron chi connectivity index (χ1n) is 10.5. The number of hydrogen-bond acceptors (Lipinski definition) is 5. The number of benzene rings is 3. The highest BCUT2D eigenvalue weighted by Crippen LogP contribution is 2.14. The molecule has 4 rings (SSSR count). The van der Waals surface area contributed by atoms with Crippen molar-refractivity contribution >= 4 is 33.4 Å². The van der Waals surface area contributed by atoms with E-state index in [9.17, 15) is 18.6 Å². The standard InChI is InChI=1S/C25H22N4O4S/c1-34(33)16-18-10-7-11-19(14-18)23(30)26-27-24(31)22-20-12-5-6-13-21(20)25(32)29(28-22)15-17-8-3-2-4-9-17/h2-14H,15-16H2,1H3,(H,26,30)(H,27,31)/t34-/m0/s1. The first kappa shape index (κ1) is 23.1. The van der Waals surface area contributed by atoms with E-state index in [1.54, 1.807) is 54.8 Å². The molecule has 2 N–H and O–H groups in total. The Morgan fingerprint density at radius 3 is 2.24 bits per heavy atom. The molecule has 1 heterocycles. The Bertz CT molecular complexity index is 1450. The maximum absolute atomic E-state index is 13.0. The lowest BCUT2D eigenvalue weighted by Gasteiger charge is -2.12. The number of carbonyl (C=O) groups excluding carboxylic acids is 2. The molecule has 0 radical (unpaired) electrons. The third-order valence-corrected chi connectivity index (χ3v) is 5.85. The van der Waals surface area contributed by atoms with Crippen LogP contribution in [0.4, 0.5) is 0 Å². The molecule has 0 unspecified atom stereocenters. The Hall–Kier alpha value is -4.11. The van der Waals surface area contributed by atoms with E-state index in [0.717, 1.165) is 11.1 Å². The molecule has 0 saturated carbocycles. The van der Waals surface area contributed by atoms with Crippen molar-refractivity contribution < 1.29 is 13.8 Å². The molecule has 172 valence electrons. The van der Waals surface area contributed by atoms with Crippen LogP contribution in [0.25, 0.3) is 10.8 Å².